The number of amides is 1. The number of nitrogens with zero attached hydrogens (tertiary/aromatic N) is 3. The van der Waals surface area contributed by atoms with Gasteiger partial charge in [-0.1, -0.05) is 31.2 Å². The second kappa shape index (κ2) is 7.08. The lowest BCUT2D eigenvalue weighted by Crippen LogP contribution is -2.24. The van der Waals surface area contributed by atoms with E-state index in [2.05, 4.69) is 15.4 Å². The normalized spacial score (nSPS) is 10.6. The van der Waals surface area contributed by atoms with Gasteiger partial charge in [0.15, 0.2) is 0 Å². The van der Waals surface area contributed by atoms with E-state index < -0.39 is 0 Å². The van der Waals surface area contributed by atoms with Gasteiger partial charge in [-0.15, -0.1) is 0 Å². The first-order chi connectivity index (χ1) is 11.7. The molecule has 122 valence electrons. The lowest BCUT2D eigenvalue weighted by atomic mass is 10.1. The van der Waals surface area contributed by atoms with Crippen LogP contribution < -0.4 is 5.32 Å². The summed E-state index contributed by atoms with van der Waals surface area (Å²) in [7, 11) is 0. The van der Waals surface area contributed by atoms with E-state index in [-0.39, 0.29) is 5.91 Å². The molecule has 2 aromatic heterocycles. The van der Waals surface area contributed by atoms with Crippen molar-refractivity contribution in [1.82, 2.24) is 20.1 Å². The maximum Gasteiger partial charge on any atom is 0.255 e. The van der Waals surface area contributed by atoms with Crippen LogP contribution in [0.4, 0.5) is 0 Å². The van der Waals surface area contributed by atoms with Crippen LogP contribution in [0, 0.1) is 6.92 Å². The highest BCUT2D eigenvalue weighted by Gasteiger charge is 2.20. The van der Waals surface area contributed by atoms with E-state index in [0.29, 0.717) is 12.1 Å². The molecule has 0 bridgehead atoms. The fourth-order valence-corrected chi connectivity index (χ4v) is 2.75. The quantitative estimate of drug-likeness (QED) is 0.786. The van der Waals surface area contributed by atoms with Gasteiger partial charge in [0.2, 0.25) is 0 Å². The standard InChI is InChI=1S/C19H20N4O/c1-3-17-18(19(24)21-13-15-8-7-11-20-12-15)14(2)22-23(17)16-9-5-4-6-10-16/h4-12H,3,13H2,1-2H3,(H,21,24). The smallest absolute Gasteiger partial charge is 0.255 e. The number of carbonyl (C=O) groups excluding carboxylic acids is 1. The van der Waals surface area contributed by atoms with Crippen molar-refractivity contribution in [2.45, 2.75) is 26.8 Å². The van der Waals surface area contributed by atoms with Crippen molar-refractivity contribution in [2.24, 2.45) is 0 Å². The number of para-hydroxylation sites is 1. The Morgan fingerprint density at radius 3 is 2.62 bits per heavy atom. The van der Waals surface area contributed by atoms with Gasteiger partial charge in [-0.25, -0.2) is 4.68 Å². The molecule has 1 N–H and O–H groups in total. The van der Waals surface area contributed by atoms with Crippen molar-refractivity contribution in [1.29, 1.82) is 0 Å². The van der Waals surface area contributed by atoms with E-state index in [1.165, 1.54) is 0 Å². The zero-order valence-electron chi connectivity index (χ0n) is 13.9. The molecule has 3 aromatic rings. The number of rotatable bonds is 5. The first-order valence-corrected chi connectivity index (χ1v) is 8.01. The summed E-state index contributed by atoms with van der Waals surface area (Å²) in [5, 5.41) is 7.53. The van der Waals surface area contributed by atoms with Gasteiger partial charge in [0.1, 0.15) is 0 Å². The number of aromatic nitrogens is 3. The van der Waals surface area contributed by atoms with Crippen molar-refractivity contribution >= 4 is 5.91 Å². The topological polar surface area (TPSA) is 59.8 Å². The molecule has 24 heavy (non-hydrogen) atoms. The van der Waals surface area contributed by atoms with Gasteiger partial charge < -0.3 is 5.32 Å². The summed E-state index contributed by atoms with van der Waals surface area (Å²) in [5.41, 5.74) is 4.24. The first kappa shape index (κ1) is 15.9. The molecule has 0 aliphatic rings. The molecule has 2 heterocycles. The van der Waals surface area contributed by atoms with Gasteiger partial charge in [0, 0.05) is 18.9 Å². The fraction of sp³-hybridized carbons (Fsp3) is 0.211. The van der Waals surface area contributed by atoms with Crippen LogP contribution in [0.2, 0.25) is 0 Å². The number of aryl methyl sites for hydroxylation is 1. The number of hydrogen-bond donors (Lipinski definition) is 1. The van der Waals surface area contributed by atoms with Crippen molar-refractivity contribution in [3.63, 3.8) is 0 Å². The summed E-state index contributed by atoms with van der Waals surface area (Å²) in [6.45, 7) is 4.36. The molecular weight excluding hydrogens is 300 g/mol. The summed E-state index contributed by atoms with van der Waals surface area (Å²) < 4.78 is 1.86. The minimum atomic E-state index is -0.101. The third-order valence-electron chi connectivity index (χ3n) is 3.89. The summed E-state index contributed by atoms with van der Waals surface area (Å²) in [6, 6.07) is 13.7. The summed E-state index contributed by atoms with van der Waals surface area (Å²) in [6.07, 6.45) is 4.20. The maximum atomic E-state index is 12.7. The number of pyridine rings is 1. The number of benzene rings is 1. The van der Waals surface area contributed by atoms with Crippen LogP contribution in [0.15, 0.2) is 54.9 Å². The number of hydrogen-bond acceptors (Lipinski definition) is 3. The average Bonchev–Trinajstić information content (AvgIpc) is 2.97. The Morgan fingerprint density at radius 2 is 1.96 bits per heavy atom. The summed E-state index contributed by atoms with van der Waals surface area (Å²) in [4.78, 5) is 16.7. The van der Waals surface area contributed by atoms with Gasteiger partial charge >= 0.3 is 0 Å². The molecule has 0 aliphatic carbocycles. The molecule has 0 spiro atoms. The van der Waals surface area contributed by atoms with Crippen molar-refractivity contribution < 1.29 is 4.79 Å². The predicted octanol–water partition coefficient (Wildman–Crippen LogP) is 3.07. The van der Waals surface area contributed by atoms with Gasteiger partial charge in [-0.3, -0.25) is 9.78 Å². The Hall–Kier alpha value is -2.95. The Morgan fingerprint density at radius 1 is 1.17 bits per heavy atom. The second-order valence-electron chi connectivity index (χ2n) is 5.55. The molecule has 0 saturated carbocycles. The molecule has 5 nitrogen and oxygen atoms in total. The van der Waals surface area contributed by atoms with Crippen LogP contribution in [-0.4, -0.2) is 20.7 Å². The minimum Gasteiger partial charge on any atom is -0.348 e. The van der Waals surface area contributed by atoms with Crippen LogP contribution in [0.25, 0.3) is 5.69 Å². The molecular formula is C19H20N4O. The van der Waals surface area contributed by atoms with Crippen molar-refractivity contribution in [3.8, 4) is 5.69 Å². The molecule has 0 atom stereocenters. The van der Waals surface area contributed by atoms with Crippen LogP contribution in [0.5, 0.6) is 0 Å². The van der Waals surface area contributed by atoms with Crippen LogP contribution in [0.1, 0.15) is 34.2 Å². The summed E-state index contributed by atoms with van der Waals surface area (Å²) in [5.74, 6) is -0.101. The van der Waals surface area contributed by atoms with E-state index >= 15 is 0 Å². The fourth-order valence-electron chi connectivity index (χ4n) is 2.75. The Labute approximate surface area is 141 Å². The van der Waals surface area contributed by atoms with E-state index in [9.17, 15) is 4.79 Å². The van der Waals surface area contributed by atoms with Crippen molar-refractivity contribution in [3.05, 3.63) is 77.4 Å². The van der Waals surface area contributed by atoms with E-state index in [1.54, 1.807) is 12.4 Å². The third kappa shape index (κ3) is 3.20. The Kier molecular flexibility index (Phi) is 4.70. The monoisotopic (exact) mass is 320 g/mol. The zero-order chi connectivity index (χ0) is 16.9. The van der Waals surface area contributed by atoms with Crippen LogP contribution >= 0.6 is 0 Å². The van der Waals surface area contributed by atoms with Gasteiger partial charge in [-0.2, -0.15) is 5.10 Å². The highest BCUT2D eigenvalue weighted by atomic mass is 16.1. The second-order valence-corrected chi connectivity index (χ2v) is 5.55. The molecule has 0 aliphatic heterocycles. The maximum absolute atomic E-state index is 12.7. The van der Waals surface area contributed by atoms with E-state index in [1.807, 2.05) is 61.0 Å². The van der Waals surface area contributed by atoms with E-state index in [4.69, 9.17) is 0 Å². The molecule has 1 aromatic carbocycles. The SMILES string of the molecule is CCc1c(C(=O)NCc2cccnc2)c(C)nn1-c1ccccc1. The first-order valence-electron chi connectivity index (χ1n) is 8.01. The molecule has 1 amide bonds. The molecule has 5 heteroatoms. The van der Waals surface area contributed by atoms with Crippen molar-refractivity contribution in [2.75, 3.05) is 0 Å². The highest BCUT2D eigenvalue weighted by Crippen LogP contribution is 2.19. The lowest BCUT2D eigenvalue weighted by molar-refractivity contribution is 0.0949. The Bertz CT molecular complexity index is 825. The van der Waals surface area contributed by atoms with Gasteiger partial charge in [-0.05, 0) is 37.1 Å². The van der Waals surface area contributed by atoms with Crippen LogP contribution in [-0.2, 0) is 13.0 Å². The minimum absolute atomic E-state index is 0.101. The third-order valence-corrected chi connectivity index (χ3v) is 3.89. The summed E-state index contributed by atoms with van der Waals surface area (Å²) >= 11 is 0. The van der Waals surface area contributed by atoms with Gasteiger partial charge in [0.05, 0.1) is 22.6 Å². The molecule has 0 saturated heterocycles. The average molecular weight is 320 g/mol. The molecule has 0 unspecified atom stereocenters. The number of nitrogens with one attached hydrogen (secondary N) is 1. The Balaban J connectivity index is 1.87. The highest BCUT2D eigenvalue weighted by molar-refractivity contribution is 5.96. The number of carbonyl (C=O) groups is 1. The van der Waals surface area contributed by atoms with E-state index in [0.717, 1.165) is 29.1 Å². The molecule has 0 radical (unpaired) electrons. The van der Waals surface area contributed by atoms with Gasteiger partial charge in [0.25, 0.3) is 5.91 Å². The zero-order valence-corrected chi connectivity index (χ0v) is 13.9. The molecule has 3 rings (SSSR count). The lowest BCUT2D eigenvalue weighted by Gasteiger charge is -2.08. The largest absolute Gasteiger partial charge is 0.348 e. The predicted molar refractivity (Wildman–Crippen MR) is 93.1 cm³/mol. The van der Waals surface area contributed by atoms with Crippen LogP contribution in [0.3, 0.4) is 0 Å². The molecule has 0 fully saturated rings.